The Labute approximate surface area is 120 Å². The summed E-state index contributed by atoms with van der Waals surface area (Å²) < 4.78 is 65.9. The molecule has 0 spiro atoms. The zero-order valence-corrected chi connectivity index (χ0v) is 12.1. The Balaban J connectivity index is 1.89. The van der Waals surface area contributed by atoms with Crippen molar-refractivity contribution in [2.75, 3.05) is 39.0 Å². The fraction of sp³-hybridized carbons (Fsp3) is 0.900. The lowest BCUT2D eigenvalue weighted by Gasteiger charge is -2.34. The lowest BCUT2D eigenvalue weighted by molar-refractivity contribution is -0.221. The van der Waals surface area contributed by atoms with Crippen LogP contribution in [0.15, 0.2) is 0 Å². The maximum atomic E-state index is 12.4. The minimum atomic E-state index is -4.57. The van der Waals surface area contributed by atoms with E-state index in [0.29, 0.717) is 0 Å². The van der Waals surface area contributed by atoms with Gasteiger partial charge in [0.05, 0.1) is 6.26 Å². The summed E-state index contributed by atoms with van der Waals surface area (Å²) in [6.07, 6.45) is -6.82. The molecule has 2 rings (SSSR count). The topological polar surface area (TPSA) is 79.0 Å². The lowest BCUT2D eigenvalue weighted by Crippen LogP contribution is -2.53. The molecular formula is C10H16F3N3O4S. The van der Waals surface area contributed by atoms with E-state index < -0.39 is 34.4 Å². The Bertz CT molecular complexity index is 502. The summed E-state index contributed by atoms with van der Waals surface area (Å²) in [6.45, 7) is 0.334. The molecule has 0 saturated carbocycles. The van der Waals surface area contributed by atoms with Gasteiger partial charge in [-0.05, 0) is 0 Å². The van der Waals surface area contributed by atoms with Crippen LogP contribution in [-0.2, 0) is 19.6 Å². The van der Waals surface area contributed by atoms with Crippen molar-refractivity contribution in [3.63, 3.8) is 0 Å². The van der Waals surface area contributed by atoms with E-state index in [9.17, 15) is 26.4 Å². The molecule has 0 aromatic heterocycles. The molecular weight excluding hydrogens is 315 g/mol. The van der Waals surface area contributed by atoms with Crippen LogP contribution in [0.3, 0.4) is 0 Å². The van der Waals surface area contributed by atoms with Crippen molar-refractivity contribution in [3.05, 3.63) is 0 Å². The zero-order valence-electron chi connectivity index (χ0n) is 11.3. The van der Waals surface area contributed by atoms with Crippen molar-refractivity contribution >= 4 is 15.9 Å². The van der Waals surface area contributed by atoms with Crippen LogP contribution in [-0.4, -0.2) is 81.0 Å². The molecule has 0 bridgehead atoms. The van der Waals surface area contributed by atoms with Crippen LogP contribution < -0.4 is 5.32 Å². The Morgan fingerprint density at radius 2 is 1.81 bits per heavy atom. The van der Waals surface area contributed by atoms with Gasteiger partial charge in [0, 0.05) is 32.7 Å². The van der Waals surface area contributed by atoms with E-state index in [4.69, 9.17) is 0 Å². The van der Waals surface area contributed by atoms with Gasteiger partial charge in [-0.1, -0.05) is 0 Å². The normalized spacial score (nSPS) is 28.9. The van der Waals surface area contributed by atoms with E-state index in [-0.39, 0.29) is 32.7 Å². The summed E-state index contributed by atoms with van der Waals surface area (Å²) in [4.78, 5) is 13.4. The number of nitrogens with zero attached hydrogens (tertiary/aromatic N) is 2. The van der Waals surface area contributed by atoms with Crippen molar-refractivity contribution in [2.45, 2.75) is 18.5 Å². The Morgan fingerprint density at radius 1 is 1.24 bits per heavy atom. The van der Waals surface area contributed by atoms with Crippen molar-refractivity contribution in [2.24, 2.45) is 0 Å². The highest BCUT2D eigenvalue weighted by atomic mass is 32.2. The molecule has 2 saturated heterocycles. The van der Waals surface area contributed by atoms with Crippen molar-refractivity contribution < 1.29 is 31.1 Å². The van der Waals surface area contributed by atoms with E-state index in [1.54, 1.807) is 0 Å². The number of carbonyl (C=O) groups excluding carboxylic acids is 1. The summed E-state index contributed by atoms with van der Waals surface area (Å²) in [7, 11) is -3.32. The van der Waals surface area contributed by atoms with Gasteiger partial charge in [-0.15, -0.1) is 0 Å². The molecule has 0 aromatic rings. The maximum Gasteiger partial charge on any atom is 0.428 e. The van der Waals surface area contributed by atoms with Crippen LogP contribution in [0.4, 0.5) is 13.2 Å². The number of halogens is 3. The van der Waals surface area contributed by atoms with E-state index in [1.165, 1.54) is 9.21 Å². The summed E-state index contributed by atoms with van der Waals surface area (Å²) in [6, 6.07) is 0. The van der Waals surface area contributed by atoms with Crippen molar-refractivity contribution in [3.8, 4) is 0 Å². The largest absolute Gasteiger partial charge is 0.428 e. The van der Waals surface area contributed by atoms with Crippen LogP contribution in [0.1, 0.15) is 0 Å². The number of ether oxygens (including phenoxy) is 1. The molecule has 1 N–H and O–H groups in total. The summed E-state index contributed by atoms with van der Waals surface area (Å²) in [5.41, 5.74) is 0. The first-order valence-corrected chi connectivity index (χ1v) is 8.13. The second-order valence-corrected chi connectivity index (χ2v) is 6.92. The number of hydrogen-bond acceptors (Lipinski definition) is 5. The van der Waals surface area contributed by atoms with E-state index in [1.807, 2.05) is 0 Å². The highest BCUT2D eigenvalue weighted by molar-refractivity contribution is 7.88. The number of amides is 1. The first-order valence-electron chi connectivity index (χ1n) is 6.28. The first-order chi connectivity index (χ1) is 9.59. The summed E-state index contributed by atoms with van der Waals surface area (Å²) >= 11 is 0. The number of alkyl halides is 3. The predicted molar refractivity (Wildman–Crippen MR) is 65.7 cm³/mol. The van der Waals surface area contributed by atoms with Gasteiger partial charge in [0.25, 0.3) is 5.91 Å². The molecule has 2 aliphatic heterocycles. The Kier molecular flexibility index (Phi) is 4.47. The average Bonchev–Trinajstić information content (AvgIpc) is 2.86. The fourth-order valence-electron chi connectivity index (χ4n) is 2.26. The van der Waals surface area contributed by atoms with E-state index >= 15 is 0 Å². The van der Waals surface area contributed by atoms with Gasteiger partial charge in [0.2, 0.25) is 16.3 Å². The van der Waals surface area contributed by atoms with Gasteiger partial charge in [-0.25, -0.2) is 8.42 Å². The lowest BCUT2D eigenvalue weighted by atomic mass is 10.2. The molecule has 122 valence electrons. The second-order valence-electron chi connectivity index (χ2n) is 4.94. The quantitative estimate of drug-likeness (QED) is 0.700. The maximum absolute atomic E-state index is 12.4. The number of rotatable bonds is 2. The summed E-state index contributed by atoms with van der Waals surface area (Å²) in [5, 5.41) is 2.10. The van der Waals surface area contributed by atoms with Crippen LogP contribution in [0.25, 0.3) is 0 Å². The molecule has 0 aliphatic carbocycles. The molecule has 0 unspecified atom stereocenters. The summed E-state index contributed by atoms with van der Waals surface area (Å²) in [5.74, 6) is -0.553. The SMILES string of the molecule is CS(=O)(=O)N1CCN(C(=O)[C@@H]2CN[C@@H](C(F)(F)F)O2)CC1. The standard InChI is InChI=1S/C10H16F3N3O4S/c1-21(18,19)16-4-2-15(3-5-16)8(17)7-6-14-9(20-7)10(11,12)13/h7,9,14H,2-6H2,1H3/t7-,9+/m0/s1. The van der Waals surface area contributed by atoms with Gasteiger partial charge in [-0.2, -0.15) is 17.5 Å². The number of carbonyl (C=O) groups is 1. The molecule has 0 radical (unpaired) electrons. The minimum Gasteiger partial charge on any atom is -0.339 e. The molecule has 2 heterocycles. The first kappa shape index (κ1) is 16.5. The van der Waals surface area contributed by atoms with Crippen molar-refractivity contribution in [1.29, 1.82) is 0 Å². The monoisotopic (exact) mass is 331 g/mol. The molecule has 7 nitrogen and oxygen atoms in total. The smallest absolute Gasteiger partial charge is 0.339 e. The Morgan fingerprint density at radius 3 is 2.24 bits per heavy atom. The molecule has 1 amide bonds. The molecule has 2 aliphatic rings. The molecule has 0 aromatic carbocycles. The third-order valence-electron chi connectivity index (χ3n) is 3.38. The average molecular weight is 331 g/mol. The van der Waals surface area contributed by atoms with Crippen molar-refractivity contribution in [1.82, 2.24) is 14.5 Å². The molecule has 2 atom stereocenters. The third-order valence-corrected chi connectivity index (χ3v) is 4.68. The van der Waals surface area contributed by atoms with Gasteiger partial charge < -0.3 is 9.64 Å². The number of hydrogen-bond donors (Lipinski definition) is 1. The van der Waals surface area contributed by atoms with Gasteiger partial charge >= 0.3 is 6.18 Å². The van der Waals surface area contributed by atoms with Crippen LogP contribution in [0.2, 0.25) is 0 Å². The molecule has 21 heavy (non-hydrogen) atoms. The fourth-order valence-corrected chi connectivity index (χ4v) is 3.08. The van der Waals surface area contributed by atoms with Gasteiger partial charge in [-0.3, -0.25) is 10.1 Å². The van der Waals surface area contributed by atoms with E-state index in [2.05, 4.69) is 10.1 Å². The van der Waals surface area contributed by atoms with Crippen LogP contribution in [0, 0.1) is 0 Å². The minimum absolute atomic E-state index is 0.132. The zero-order chi connectivity index (χ0) is 15.8. The molecule has 2 fully saturated rings. The number of piperazine rings is 1. The molecule has 11 heteroatoms. The Hall–Kier alpha value is -0.910. The highest BCUT2D eigenvalue weighted by Gasteiger charge is 2.48. The van der Waals surface area contributed by atoms with Gasteiger partial charge in [0.1, 0.15) is 0 Å². The predicted octanol–water partition coefficient (Wildman–Crippen LogP) is -1.03. The highest BCUT2D eigenvalue weighted by Crippen LogP contribution is 2.25. The van der Waals surface area contributed by atoms with Crippen LogP contribution >= 0.6 is 0 Å². The van der Waals surface area contributed by atoms with Gasteiger partial charge in [0.15, 0.2) is 6.10 Å². The van der Waals surface area contributed by atoms with Crippen LogP contribution in [0.5, 0.6) is 0 Å². The second kappa shape index (κ2) is 5.71. The number of sulfonamides is 1. The third kappa shape index (κ3) is 3.84. The van der Waals surface area contributed by atoms with E-state index in [0.717, 1.165) is 6.26 Å². The number of nitrogens with one attached hydrogen (secondary N) is 1.